The van der Waals surface area contributed by atoms with E-state index in [1.54, 1.807) is 49.4 Å². The van der Waals surface area contributed by atoms with Crippen molar-refractivity contribution in [1.82, 2.24) is 0 Å². The van der Waals surface area contributed by atoms with Gasteiger partial charge in [0, 0.05) is 10.0 Å². The van der Waals surface area contributed by atoms with Gasteiger partial charge >= 0.3 is 5.97 Å². The Balaban J connectivity index is 1.49. The monoisotopic (exact) mass is 525 g/mol. The minimum Gasteiger partial charge on any atom is -0.494 e. The van der Waals surface area contributed by atoms with Crippen LogP contribution < -0.4 is 14.8 Å². The summed E-state index contributed by atoms with van der Waals surface area (Å²) in [5.74, 6) is 0.323. The van der Waals surface area contributed by atoms with Crippen LogP contribution in [-0.4, -0.2) is 31.7 Å². The SMILES string of the molecule is CCOC(=O)COc1ccc(Br)cc1NC(=O)c1ccc(OCCCCc2ccccc2)cc1. The molecule has 0 aromatic heterocycles. The number of aryl methyl sites for hydroxylation is 1. The second kappa shape index (κ2) is 13.4. The average Bonchev–Trinajstić information content (AvgIpc) is 2.84. The summed E-state index contributed by atoms with van der Waals surface area (Å²) < 4.78 is 17.0. The molecule has 0 aliphatic carbocycles. The molecule has 6 nitrogen and oxygen atoms in total. The third kappa shape index (κ3) is 8.23. The van der Waals surface area contributed by atoms with E-state index in [9.17, 15) is 9.59 Å². The highest BCUT2D eigenvalue weighted by Gasteiger charge is 2.13. The molecule has 1 N–H and O–H groups in total. The van der Waals surface area contributed by atoms with E-state index in [1.807, 2.05) is 6.07 Å². The van der Waals surface area contributed by atoms with Gasteiger partial charge in [0.05, 0.1) is 18.9 Å². The molecule has 0 aliphatic heterocycles. The molecule has 0 fully saturated rings. The maximum Gasteiger partial charge on any atom is 0.344 e. The first-order valence-corrected chi connectivity index (χ1v) is 12.0. The van der Waals surface area contributed by atoms with Gasteiger partial charge in [0.2, 0.25) is 0 Å². The van der Waals surface area contributed by atoms with Crippen LogP contribution in [0, 0.1) is 0 Å². The number of anilines is 1. The van der Waals surface area contributed by atoms with Crippen LogP contribution >= 0.6 is 15.9 Å². The van der Waals surface area contributed by atoms with E-state index < -0.39 is 5.97 Å². The van der Waals surface area contributed by atoms with Crippen LogP contribution in [0.5, 0.6) is 11.5 Å². The minimum absolute atomic E-state index is 0.240. The molecule has 0 saturated heterocycles. The Morgan fingerprint density at radius 2 is 1.68 bits per heavy atom. The largest absolute Gasteiger partial charge is 0.494 e. The Morgan fingerprint density at radius 3 is 2.41 bits per heavy atom. The smallest absolute Gasteiger partial charge is 0.344 e. The zero-order valence-corrected chi connectivity index (χ0v) is 20.7. The van der Waals surface area contributed by atoms with Gasteiger partial charge in [-0.15, -0.1) is 0 Å². The Kier molecular flexibility index (Phi) is 9.98. The van der Waals surface area contributed by atoms with Gasteiger partial charge in [0.25, 0.3) is 5.91 Å². The molecule has 7 heteroatoms. The molecule has 0 unspecified atom stereocenters. The highest BCUT2D eigenvalue weighted by Crippen LogP contribution is 2.29. The van der Waals surface area contributed by atoms with Crippen LogP contribution in [-0.2, 0) is 16.0 Å². The number of benzene rings is 3. The standard InChI is InChI=1S/C27H28BrNO5/c1-2-32-26(30)19-34-25-16-13-22(28)18-24(25)29-27(31)21-11-14-23(15-12-21)33-17-7-6-10-20-8-4-3-5-9-20/h3-5,8-9,11-16,18H,2,6-7,10,17,19H2,1H3,(H,29,31). The zero-order chi connectivity index (χ0) is 24.2. The summed E-state index contributed by atoms with van der Waals surface area (Å²) in [5, 5.41) is 2.83. The van der Waals surface area contributed by atoms with Crippen LogP contribution in [0.3, 0.4) is 0 Å². The van der Waals surface area contributed by atoms with Crippen LogP contribution in [0.25, 0.3) is 0 Å². The molecule has 0 spiro atoms. The Labute approximate surface area is 208 Å². The van der Waals surface area contributed by atoms with Gasteiger partial charge in [-0.05, 0) is 74.2 Å². The van der Waals surface area contributed by atoms with Gasteiger partial charge in [-0.3, -0.25) is 4.79 Å². The van der Waals surface area contributed by atoms with E-state index in [1.165, 1.54) is 5.56 Å². The summed E-state index contributed by atoms with van der Waals surface area (Å²) in [6, 6.07) is 22.5. The van der Waals surface area contributed by atoms with Crippen molar-refractivity contribution < 1.29 is 23.8 Å². The second-order valence-corrected chi connectivity index (χ2v) is 8.42. The normalized spacial score (nSPS) is 10.4. The van der Waals surface area contributed by atoms with E-state index in [-0.39, 0.29) is 19.1 Å². The number of carbonyl (C=O) groups excluding carboxylic acids is 2. The molecule has 0 heterocycles. The lowest BCUT2D eigenvalue weighted by Crippen LogP contribution is -2.17. The first-order valence-electron chi connectivity index (χ1n) is 11.2. The Hall–Kier alpha value is -3.32. The maximum absolute atomic E-state index is 12.7. The molecule has 3 rings (SSSR count). The lowest BCUT2D eigenvalue weighted by molar-refractivity contribution is -0.145. The highest BCUT2D eigenvalue weighted by atomic mass is 79.9. The van der Waals surface area contributed by atoms with Crippen molar-refractivity contribution in [2.45, 2.75) is 26.2 Å². The van der Waals surface area contributed by atoms with Crippen LogP contribution in [0.4, 0.5) is 5.69 Å². The van der Waals surface area contributed by atoms with Crippen molar-refractivity contribution in [2.75, 3.05) is 25.1 Å². The number of amides is 1. The summed E-state index contributed by atoms with van der Waals surface area (Å²) in [6.45, 7) is 2.39. The van der Waals surface area contributed by atoms with Crippen molar-refractivity contribution in [3.8, 4) is 11.5 Å². The molecule has 0 radical (unpaired) electrons. The number of rotatable bonds is 12. The predicted molar refractivity (Wildman–Crippen MR) is 136 cm³/mol. The van der Waals surface area contributed by atoms with Gasteiger partial charge in [-0.25, -0.2) is 4.79 Å². The van der Waals surface area contributed by atoms with Gasteiger partial charge in [-0.2, -0.15) is 0 Å². The summed E-state index contributed by atoms with van der Waals surface area (Å²) in [4.78, 5) is 24.3. The van der Waals surface area contributed by atoms with Crippen molar-refractivity contribution >= 4 is 33.5 Å². The summed E-state index contributed by atoms with van der Waals surface area (Å²) in [6.07, 6.45) is 3.04. The lowest BCUT2D eigenvalue weighted by Gasteiger charge is -2.13. The molecule has 3 aromatic rings. The highest BCUT2D eigenvalue weighted by molar-refractivity contribution is 9.10. The molecule has 1 amide bonds. The van der Waals surface area contributed by atoms with Crippen LogP contribution in [0.15, 0.2) is 77.3 Å². The summed E-state index contributed by atoms with van der Waals surface area (Å²) >= 11 is 3.39. The van der Waals surface area contributed by atoms with E-state index in [0.29, 0.717) is 23.6 Å². The quantitative estimate of drug-likeness (QED) is 0.230. The van der Waals surface area contributed by atoms with Crippen LogP contribution in [0.1, 0.15) is 35.7 Å². The zero-order valence-electron chi connectivity index (χ0n) is 19.1. The number of halogens is 1. The molecular weight excluding hydrogens is 498 g/mol. The lowest BCUT2D eigenvalue weighted by atomic mass is 10.1. The number of ether oxygens (including phenoxy) is 3. The number of hydrogen-bond acceptors (Lipinski definition) is 5. The third-order valence-electron chi connectivity index (χ3n) is 4.93. The fourth-order valence-corrected chi connectivity index (χ4v) is 3.59. The Bertz CT molecular complexity index is 1070. The number of hydrogen-bond donors (Lipinski definition) is 1. The van der Waals surface area contributed by atoms with Gasteiger partial charge < -0.3 is 19.5 Å². The molecular formula is C27H28BrNO5. The van der Waals surface area contributed by atoms with Gasteiger partial charge in [-0.1, -0.05) is 46.3 Å². The molecule has 0 bridgehead atoms. The van der Waals surface area contributed by atoms with Crippen molar-refractivity contribution in [3.63, 3.8) is 0 Å². The van der Waals surface area contributed by atoms with E-state index in [2.05, 4.69) is 45.5 Å². The molecule has 34 heavy (non-hydrogen) atoms. The molecule has 3 aromatic carbocycles. The Morgan fingerprint density at radius 1 is 0.912 bits per heavy atom. The fourth-order valence-electron chi connectivity index (χ4n) is 3.23. The predicted octanol–water partition coefficient (Wildman–Crippen LogP) is 6.05. The third-order valence-corrected chi connectivity index (χ3v) is 5.42. The van der Waals surface area contributed by atoms with Crippen molar-refractivity contribution in [2.24, 2.45) is 0 Å². The molecule has 0 saturated carbocycles. The number of unbranched alkanes of at least 4 members (excludes halogenated alkanes) is 1. The molecule has 178 valence electrons. The summed E-state index contributed by atoms with van der Waals surface area (Å²) in [5.41, 5.74) is 2.26. The molecule has 0 atom stereocenters. The number of esters is 1. The van der Waals surface area contributed by atoms with Crippen molar-refractivity contribution in [1.29, 1.82) is 0 Å². The topological polar surface area (TPSA) is 73.9 Å². The summed E-state index contributed by atoms with van der Waals surface area (Å²) in [7, 11) is 0. The number of nitrogens with one attached hydrogen (secondary N) is 1. The van der Waals surface area contributed by atoms with Crippen molar-refractivity contribution in [3.05, 3.63) is 88.4 Å². The maximum atomic E-state index is 12.7. The second-order valence-electron chi connectivity index (χ2n) is 7.50. The first kappa shape index (κ1) is 25.3. The van der Waals surface area contributed by atoms with Crippen LogP contribution in [0.2, 0.25) is 0 Å². The van der Waals surface area contributed by atoms with E-state index >= 15 is 0 Å². The first-order chi connectivity index (χ1) is 16.5. The van der Waals surface area contributed by atoms with E-state index in [0.717, 1.165) is 29.5 Å². The average molecular weight is 526 g/mol. The van der Waals surface area contributed by atoms with Gasteiger partial charge in [0.15, 0.2) is 6.61 Å². The van der Waals surface area contributed by atoms with Gasteiger partial charge in [0.1, 0.15) is 11.5 Å². The van der Waals surface area contributed by atoms with E-state index in [4.69, 9.17) is 14.2 Å². The number of carbonyl (C=O) groups is 2. The molecule has 0 aliphatic rings. The minimum atomic E-state index is -0.474. The fraction of sp³-hybridized carbons (Fsp3) is 0.259.